The third-order valence-corrected chi connectivity index (χ3v) is 3.72. The minimum absolute atomic E-state index is 0.0213. The molecule has 0 bridgehead atoms. The number of rotatable bonds is 6. The third-order valence-electron chi connectivity index (χ3n) is 3.72. The summed E-state index contributed by atoms with van der Waals surface area (Å²) >= 11 is 0. The minimum Gasteiger partial charge on any atom is -0.374 e. The largest absolute Gasteiger partial charge is 0.374 e. The van der Waals surface area contributed by atoms with Gasteiger partial charge in [0.1, 0.15) is 0 Å². The molecule has 1 rings (SSSR count). The Bertz CT molecular complexity index is 172. The number of hydrogen-bond donors (Lipinski definition) is 1. The van der Waals surface area contributed by atoms with Crippen molar-refractivity contribution in [2.45, 2.75) is 70.8 Å². The zero-order valence-electron chi connectivity index (χ0n) is 11.1. The van der Waals surface area contributed by atoms with Crippen molar-refractivity contribution < 1.29 is 4.74 Å². The fourth-order valence-corrected chi connectivity index (χ4v) is 2.56. The maximum atomic E-state index is 6.13. The van der Waals surface area contributed by atoms with Crippen LogP contribution >= 0.6 is 0 Å². The van der Waals surface area contributed by atoms with Crippen LogP contribution in [0.2, 0.25) is 0 Å². The van der Waals surface area contributed by atoms with Crippen LogP contribution in [0.3, 0.4) is 0 Å². The van der Waals surface area contributed by atoms with Crippen LogP contribution in [0, 0.1) is 5.92 Å². The van der Waals surface area contributed by atoms with Gasteiger partial charge in [-0.2, -0.15) is 0 Å². The van der Waals surface area contributed by atoms with E-state index in [-0.39, 0.29) is 5.60 Å². The van der Waals surface area contributed by atoms with Gasteiger partial charge in [0, 0.05) is 13.2 Å². The molecule has 0 heterocycles. The predicted octanol–water partition coefficient (Wildman–Crippen LogP) is 3.49. The lowest BCUT2D eigenvalue weighted by molar-refractivity contribution is -0.0513. The SMILES string of the molecule is CC(C)CCCOC1(CN)CCCCCC1. The first-order valence-corrected chi connectivity index (χ1v) is 7.02. The van der Waals surface area contributed by atoms with Crippen LogP contribution in [0.15, 0.2) is 0 Å². The topological polar surface area (TPSA) is 35.2 Å². The van der Waals surface area contributed by atoms with Gasteiger partial charge in [0.25, 0.3) is 0 Å². The second-order valence-corrected chi connectivity index (χ2v) is 5.69. The first-order valence-electron chi connectivity index (χ1n) is 7.02. The monoisotopic (exact) mass is 227 g/mol. The Balaban J connectivity index is 2.28. The molecule has 2 nitrogen and oxygen atoms in total. The Morgan fingerprint density at radius 1 is 1.12 bits per heavy atom. The Hall–Kier alpha value is -0.0800. The Kier molecular flexibility index (Phi) is 6.37. The molecule has 0 saturated heterocycles. The van der Waals surface area contributed by atoms with Crippen LogP contribution in [0.4, 0.5) is 0 Å². The average Bonchev–Trinajstić information content (AvgIpc) is 2.50. The molecular weight excluding hydrogens is 198 g/mol. The van der Waals surface area contributed by atoms with E-state index in [1.807, 2.05) is 0 Å². The van der Waals surface area contributed by atoms with Gasteiger partial charge >= 0.3 is 0 Å². The summed E-state index contributed by atoms with van der Waals surface area (Å²) in [5.74, 6) is 0.784. The van der Waals surface area contributed by atoms with Crippen molar-refractivity contribution in [3.63, 3.8) is 0 Å². The molecule has 2 heteroatoms. The molecule has 16 heavy (non-hydrogen) atoms. The van der Waals surface area contributed by atoms with Crippen molar-refractivity contribution in [3.05, 3.63) is 0 Å². The first-order chi connectivity index (χ1) is 7.68. The second kappa shape index (κ2) is 7.29. The summed E-state index contributed by atoms with van der Waals surface area (Å²) in [5.41, 5.74) is 5.95. The standard InChI is InChI=1S/C14H29NO/c1-13(2)8-7-11-16-14(12-15)9-5-3-4-6-10-14/h13H,3-12,15H2,1-2H3. The van der Waals surface area contributed by atoms with E-state index in [0.717, 1.165) is 12.5 Å². The highest BCUT2D eigenvalue weighted by Gasteiger charge is 2.29. The van der Waals surface area contributed by atoms with Gasteiger partial charge in [-0.3, -0.25) is 0 Å². The summed E-state index contributed by atoms with van der Waals surface area (Å²) in [6, 6.07) is 0. The van der Waals surface area contributed by atoms with Crippen LogP contribution in [0.25, 0.3) is 0 Å². The highest BCUT2D eigenvalue weighted by molar-refractivity contribution is 4.84. The molecule has 0 spiro atoms. The van der Waals surface area contributed by atoms with E-state index in [4.69, 9.17) is 10.5 Å². The van der Waals surface area contributed by atoms with Gasteiger partial charge in [-0.25, -0.2) is 0 Å². The molecule has 2 N–H and O–H groups in total. The third kappa shape index (κ3) is 4.84. The molecule has 96 valence electrons. The maximum absolute atomic E-state index is 6.13. The van der Waals surface area contributed by atoms with E-state index >= 15 is 0 Å². The Labute approximate surface area is 101 Å². The van der Waals surface area contributed by atoms with Crippen molar-refractivity contribution in [2.75, 3.05) is 13.2 Å². The van der Waals surface area contributed by atoms with E-state index in [0.29, 0.717) is 6.54 Å². The zero-order chi connectivity index (χ0) is 11.9. The highest BCUT2D eigenvalue weighted by Crippen LogP contribution is 2.29. The summed E-state index contributed by atoms with van der Waals surface area (Å²) in [7, 11) is 0. The number of ether oxygens (including phenoxy) is 1. The van der Waals surface area contributed by atoms with E-state index in [9.17, 15) is 0 Å². The normalized spacial score (nSPS) is 21.0. The molecule has 1 fully saturated rings. The molecule has 0 atom stereocenters. The Morgan fingerprint density at radius 3 is 2.25 bits per heavy atom. The molecule has 0 aromatic rings. The molecule has 0 amide bonds. The van der Waals surface area contributed by atoms with Crippen LogP contribution in [-0.2, 0) is 4.74 Å². The van der Waals surface area contributed by atoms with E-state index in [1.54, 1.807) is 0 Å². The first kappa shape index (κ1) is 14.0. The number of nitrogens with two attached hydrogens (primary N) is 1. The molecule has 0 unspecified atom stereocenters. The zero-order valence-corrected chi connectivity index (χ0v) is 11.1. The van der Waals surface area contributed by atoms with Crippen LogP contribution in [-0.4, -0.2) is 18.8 Å². The van der Waals surface area contributed by atoms with E-state index in [2.05, 4.69) is 13.8 Å². The highest BCUT2D eigenvalue weighted by atomic mass is 16.5. The average molecular weight is 227 g/mol. The van der Waals surface area contributed by atoms with Gasteiger partial charge in [-0.1, -0.05) is 39.5 Å². The van der Waals surface area contributed by atoms with Crippen molar-refractivity contribution in [1.29, 1.82) is 0 Å². The fraction of sp³-hybridized carbons (Fsp3) is 1.00. The van der Waals surface area contributed by atoms with Gasteiger partial charge in [0.2, 0.25) is 0 Å². The van der Waals surface area contributed by atoms with Crippen molar-refractivity contribution in [3.8, 4) is 0 Å². The minimum atomic E-state index is 0.0213. The summed E-state index contributed by atoms with van der Waals surface area (Å²) in [6.07, 6.45) is 10.1. The molecule has 1 aliphatic rings. The molecule has 1 saturated carbocycles. The van der Waals surface area contributed by atoms with Gasteiger partial charge in [0.05, 0.1) is 5.60 Å². The molecule has 1 aliphatic carbocycles. The van der Waals surface area contributed by atoms with E-state index < -0.39 is 0 Å². The van der Waals surface area contributed by atoms with E-state index in [1.165, 1.54) is 51.4 Å². The number of hydrogen-bond acceptors (Lipinski definition) is 2. The van der Waals surface area contributed by atoms with Gasteiger partial charge in [0.15, 0.2) is 0 Å². The Morgan fingerprint density at radius 2 is 1.75 bits per heavy atom. The van der Waals surface area contributed by atoms with Crippen LogP contribution in [0.1, 0.15) is 65.2 Å². The van der Waals surface area contributed by atoms with Gasteiger partial charge in [-0.15, -0.1) is 0 Å². The molecule has 0 aromatic heterocycles. The van der Waals surface area contributed by atoms with Crippen molar-refractivity contribution in [1.82, 2.24) is 0 Å². The van der Waals surface area contributed by atoms with Crippen LogP contribution in [0.5, 0.6) is 0 Å². The summed E-state index contributed by atoms with van der Waals surface area (Å²) in [4.78, 5) is 0. The molecule has 0 radical (unpaired) electrons. The predicted molar refractivity (Wildman–Crippen MR) is 69.5 cm³/mol. The van der Waals surface area contributed by atoms with Gasteiger partial charge in [-0.05, 0) is 31.6 Å². The molecular formula is C14H29NO. The smallest absolute Gasteiger partial charge is 0.0804 e. The maximum Gasteiger partial charge on any atom is 0.0804 e. The lowest BCUT2D eigenvalue weighted by atomic mass is 9.94. The summed E-state index contributed by atoms with van der Waals surface area (Å²) in [5, 5.41) is 0. The summed E-state index contributed by atoms with van der Waals surface area (Å²) < 4.78 is 6.13. The molecule has 0 aromatic carbocycles. The fourth-order valence-electron chi connectivity index (χ4n) is 2.56. The lowest BCUT2D eigenvalue weighted by Crippen LogP contribution is -2.40. The van der Waals surface area contributed by atoms with Gasteiger partial charge < -0.3 is 10.5 Å². The summed E-state index contributed by atoms with van der Waals surface area (Å²) in [6.45, 7) is 6.14. The lowest BCUT2D eigenvalue weighted by Gasteiger charge is -2.31. The van der Waals surface area contributed by atoms with Crippen molar-refractivity contribution in [2.24, 2.45) is 11.7 Å². The van der Waals surface area contributed by atoms with Crippen molar-refractivity contribution >= 4 is 0 Å². The molecule has 0 aliphatic heterocycles. The van der Waals surface area contributed by atoms with Crippen LogP contribution < -0.4 is 5.73 Å². The quantitative estimate of drug-likeness (QED) is 0.557. The second-order valence-electron chi connectivity index (χ2n) is 5.69.